The van der Waals surface area contributed by atoms with Crippen LogP contribution in [0, 0.1) is 6.92 Å². The second-order valence-corrected chi connectivity index (χ2v) is 6.43. The topological polar surface area (TPSA) is 80.2 Å². The summed E-state index contributed by atoms with van der Waals surface area (Å²) in [6, 6.07) is 17.8. The van der Waals surface area contributed by atoms with E-state index in [2.05, 4.69) is 10.6 Å². The predicted octanol–water partition coefficient (Wildman–Crippen LogP) is 3.03. The lowest BCUT2D eigenvalue weighted by atomic mass is 10.1. The monoisotopic (exact) mass is 375 g/mol. The van der Waals surface area contributed by atoms with Gasteiger partial charge in [-0.2, -0.15) is 0 Å². The number of hydrogen-bond donors (Lipinski definition) is 2. The molecule has 2 N–H and O–H groups in total. The zero-order chi connectivity index (χ0) is 20.1. The van der Waals surface area contributed by atoms with Gasteiger partial charge in [0.25, 0.3) is 11.5 Å². The number of anilines is 1. The van der Waals surface area contributed by atoms with E-state index in [1.54, 1.807) is 36.5 Å². The summed E-state index contributed by atoms with van der Waals surface area (Å²) in [5.41, 5.74) is 2.98. The van der Waals surface area contributed by atoms with Gasteiger partial charge in [0.1, 0.15) is 5.56 Å². The van der Waals surface area contributed by atoms with Gasteiger partial charge in [-0.25, -0.2) is 0 Å². The third-order valence-corrected chi connectivity index (χ3v) is 4.36. The molecule has 0 saturated heterocycles. The smallest absolute Gasteiger partial charge is 0.267 e. The molecule has 0 radical (unpaired) electrons. The van der Waals surface area contributed by atoms with Crippen molar-refractivity contribution in [1.82, 2.24) is 9.88 Å². The fourth-order valence-electron chi connectivity index (χ4n) is 2.86. The van der Waals surface area contributed by atoms with Crippen LogP contribution in [0.5, 0.6) is 0 Å². The number of aromatic nitrogens is 1. The standard InChI is InChI=1S/C22H21N3O3/c1-15-6-3-4-7-17(15)14-23-21(27)20-8-5-13-25(22(20)28)19-11-9-18(10-12-19)24-16(2)26/h3-13H,14H2,1-2H3,(H,23,27)(H,24,26). The number of aryl methyl sites for hydroxylation is 1. The lowest BCUT2D eigenvalue weighted by Crippen LogP contribution is -2.32. The van der Waals surface area contributed by atoms with Gasteiger partial charge in [-0.1, -0.05) is 24.3 Å². The first kappa shape index (κ1) is 19.1. The van der Waals surface area contributed by atoms with Crippen LogP contribution in [0.15, 0.2) is 71.7 Å². The fourth-order valence-corrected chi connectivity index (χ4v) is 2.86. The van der Waals surface area contributed by atoms with E-state index < -0.39 is 11.5 Å². The summed E-state index contributed by atoms with van der Waals surface area (Å²) in [4.78, 5) is 36.4. The predicted molar refractivity (Wildman–Crippen MR) is 109 cm³/mol. The Labute approximate surface area is 162 Å². The van der Waals surface area contributed by atoms with Gasteiger partial charge in [-0.05, 0) is 54.4 Å². The number of benzene rings is 2. The van der Waals surface area contributed by atoms with E-state index in [-0.39, 0.29) is 11.5 Å². The van der Waals surface area contributed by atoms with Crippen molar-refractivity contribution < 1.29 is 9.59 Å². The van der Waals surface area contributed by atoms with Crippen LogP contribution in [0.4, 0.5) is 5.69 Å². The molecule has 6 heteroatoms. The molecule has 2 aromatic carbocycles. The van der Waals surface area contributed by atoms with Gasteiger partial charge in [-0.3, -0.25) is 19.0 Å². The highest BCUT2D eigenvalue weighted by atomic mass is 16.2. The normalized spacial score (nSPS) is 10.4. The summed E-state index contributed by atoms with van der Waals surface area (Å²) in [6.07, 6.45) is 1.61. The number of rotatable bonds is 5. The Morgan fingerprint density at radius 1 is 0.964 bits per heavy atom. The quantitative estimate of drug-likeness (QED) is 0.719. The van der Waals surface area contributed by atoms with Gasteiger partial charge in [0, 0.05) is 31.0 Å². The maximum atomic E-state index is 12.8. The van der Waals surface area contributed by atoms with E-state index in [1.807, 2.05) is 31.2 Å². The zero-order valence-electron chi connectivity index (χ0n) is 15.7. The summed E-state index contributed by atoms with van der Waals surface area (Å²) in [6.45, 7) is 3.75. The van der Waals surface area contributed by atoms with E-state index in [0.29, 0.717) is 17.9 Å². The average molecular weight is 375 g/mol. The molecule has 0 aliphatic heterocycles. The van der Waals surface area contributed by atoms with Crippen molar-refractivity contribution in [1.29, 1.82) is 0 Å². The number of pyridine rings is 1. The number of nitrogens with one attached hydrogen (secondary N) is 2. The van der Waals surface area contributed by atoms with Crippen LogP contribution < -0.4 is 16.2 Å². The van der Waals surface area contributed by atoms with Crippen LogP contribution in [-0.4, -0.2) is 16.4 Å². The summed E-state index contributed by atoms with van der Waals surface area (Å²) >= 11 is 0. The molecule has 0 bridgehead atoms. The SMILES string of the molecule is CC(=O)Nc1ccc(-n2cccc(C(=O)NCc3ccccc3C)c2=O)cc1. The van der Waals surface area contributed by atoms with Crippen molar-refractivity contribution in [2.75, 3.05) is 5.32 Å². The Bertz CT molecular complexity index is 1070. The molecule has 3 aromatic rings. The van der Waals surface area contributed by atoms with E-state index in [0.717, 1.165) is 11.1 Å². The molecule has 2 amide bonds. The Kier molecular flexibility index (Phi) is 5.69. The van der Waals surface area contributed by atoms with E-state index in [9.17, 15) is 14.4 Å². The molecule has 1 heterocycles. The molecular formula is C22H21N3O3. The number of hydrogen-bond acceptors (Lipinski definition) is 3. The second kappa shape index (κ2) is 8.35. The van der Waals surface area contributed by atoms with Gasteiger partial charge >= 0.3 is 0 Å². The molecule has 1 aromatic heterocycles. The van der Waals surface area contributed by atoms with Crippen LogP contribution in [0.1, 0.15) is 28.4 Å². The third kappa shape index (κ3) is 4.35. The van der Waals surface area contributed by atoms with Gasteiger partial charge in [0.05, 0.1) is 0 Å². The number of carbonyl (C=O) groups is 2. The Morgan fingerprint density at radius 3 is 2.36 bits per heavy atom. The molecule has 0 fully saturated rings. The van der Waals surface area contributed by atoms with Gasteiger partial charge in [0.2, 0.25) is 5.91 Å². The largest absolute Gasteiger partial charge is 0.348 e. The first-order valence-electron chi connectivity index (χ1n) is 8.88. The Hall–Kier alpha value is -3.67. The minimum atomic E-state index is -0.419. The lowest BCUT2D eigenvalue weighted by Gasteiger charge is -2.10. The maximum Gasteiger partial charge on any atom is 0.267 e. The van der Waals surface area contributed by atoms with Crippen LogP contribution in [0.25, 0.3) is 5.69 Å². The first-order valence-corrected chi connectivity index (χ1v) is 8.88. The maximum absolute atomic E-state index is 12.8. The number of carbonyl (C=O) groups excluding carboxylic acids is 2. The highest BCUT2D eigenvalue weighted by Gasteiger charge is 2.13. The van der Waals surface area contributed by atoms with Gasteiger partial charge in [0.15, 0.2) is 0 Å². The Morgan fingerprint density at radius 2 is 1.68 bits per heavy atom. The van der Waals surface area contributed by atoms with Crippen LogP contribution in [0.2, 0.25) is 0 Å². The summed E-state index contributed by atoms with van der Waals surface area (Å²) in [5.74, 6) is -0.588. The fraction of sp³-hybridized carbons (Fsp3) is 0.136. The second-order valence-electron chi connectivity index (χ2n) is 6.43. The molecular weight excluding hydrogens is 354 g/mol. The molecule has 6 nitrogen and oxygen atoms in total. The average Bonchev–Trinajstić information content (AvgIpc) is 2.68. The van der Waals surface area contributed by atoms with E-state index >= 15 is 0 Å². The summed E-state index contributed by atoms with van der Waals surface area (Å²) < 4.78 is 1.40. The highest BCUT2D eigenvalue weighted by Crippen LogP contribution is 2.12. The first-order chi connectivity index (χ1) is 13.5. The van der Waals surface area contributed by atoms with Crippen LogP contribution in [0.3, 0.4) is 0 Å². The van der Waals surface area contributed by atoms with Crippen molar-refractivity contribution >= 4 is 17.5 Å². The van der Waals surface area contributed by atoms with Crippen molar-refractivity contribution in [3.8, 4) is 5.69 Å². The van der Waals surface area contributed by atoms with Crippen molar-refractivity contribution in [3.63, 3.8) is 0 Å². The molecule has 142 valence electrons. The Balaban J connectivity index is 1.80. The van der Waals surface area contributed by atoms with Gasteiger partial charge < -0.3 is 10.6 Å². The van der Waals surface area contributed by atoms with Crippen LogP contribution in [-0.2, 0) is 11.3 Å². The van der Waals surface area contributed by atoms with E-state index in [1.165, 1.54) is 17.6 Å². The molecule has 0 aliphatic rings. The zero-order valence-corrected chi connectivity index (χ0v) is 15.7. The minimum absolute atomic E-state index is 0.0713. The molecule has 3 rings (SSSR count). The number of nitrogens with zero attached hydrogens (tertiary/aromatic N) is 1. The lowest BCUT2D eigenvalue weighted by molar-refractivity contribution is -0.114. The molecule has 0 saturated carbocycles. The molecule has 0 atom stereocenters. The van der Waals surface area contributed by atoms with Crippen molar-refractivity contribution in [2.45, 2.75) is 20.4 Å². The van der Waals surface area contributed by atoms with E-state index in [4.69, 9.17) is 0 Å². The van der Waals surface area contributed by atoms with Crippen molar-refractivity contribution in [2.24, 2.45) is 0 Å². The van der Waals surface area contributed by atoms with Crippen molar-refractivity contribution in [3.05, 3.63) is 93.9 Å². The number of amides is 2. The molecule has 0 unspecified atom stereocenters. The molecule has 0 aliphatic carbocycles. The highest BCUT2D eigenvalue weighted by molar-refractivity contribution is 5.93. The molecule has 0 spiro atoms. The third-order valence-electron chi connectivity index (χ3n) is 4.36. The minimum Gasteiger partial charge on any atom is -0.348 e. The summed E-state index contributed by atoms with van der Waals surface area (Å²) in [7, 11) is 0. The van der Waals surface area contributed by atoms with Gasteiger partial charge in [-0.15, -0.1) is 0 Å². The summed E-state index contributed by atoms with van der Waals surface area (Å²) in [5, 5.41) is 5.48. The van der Waals surface area contributed by atoms with Crippen LogP contribution >= 0.6 is 0 Å². The molecule has 28 heavy (non-hydrogen) atoms.